The van der Waals surface area contributed by atoms with Gasteiger partial charge in [-0.05, 0) is 55.8 Å². The van der Waals surface area contributed by atoms with Crippen LogP contribution < -0.4 is 5.32 Å². The van der Waals surface area contributed by atoms with E-state index in [9.17, 15) is 4.39 Å². The first-order valence-electron chi connectivity index (χ1n) is 6.23. The van der Waals surface area contributed by atoms with E-state index in [0.29, 0.717) is 12.0 Å². The summed E-state index contributed by atoms with van der Waals surface area (Å²) in [6.45, 7) is 2.28. The molecule has 1 saturated carbocycles. The first kappa shape index (κ1) is 12.8. The molecule has 0 spiro atoms. The molecule has 1 nitrogen and oxygen atoms in total. The van der Waals surface area contributed by atoms with E-state index in [1.807, 2.05) is 13.1 Å². The molecule has 1 aromatic carbocycles. The largest absolute Gasteiger partial charge is 0.316 e. The summed E-state index contributed by atoms with van der Waals surface area (Å²) in [6, 6.07) is 5.52. The van der Waals surface area contributed by atoms with Crippen molar-refractivity contribution in [3.8, 4) is 0 Å². The summed E-state index contributed by atoms with van der Waals surface area (Å²) < 4.78 is 13.4. The second-order valence-electron chi connectivity index (χ2n) is 5.04. The van der Waals surface area contributed by atoms with Crippen molar-refractivity contribution in [2.24, 2.45) is 11.8 Å². The van der Waals surface area contributed by atoms with Crippen molar-refractivity contribution in [1.29, 1.82) is 0 Å². The van der Waals surface area contributed by atoms with Crippen molar-refractivity contribution >= 4 is 11.6 Å². The SMILES string of the molecule is CNC(Cc1ccc(Cl)c(F)c1)C(C)C1CC1. The van der Waals surface area contributed by atoms with Gasteiger partial charge in [0.25, 0.3) is 0 Å². The van der Waals surface area contributed by atoms with Gasteiger partial charge in [0.1, 0.15) is 5.82 Å². The lowest BCUT2D eigenvalue weighted by Gasteiger charge is -2.23. The Morgan fingerprint density at radius 2 is 2.18 bits per heavy atom. The van der Waals surface area contributed by atoms with Gasteiger partial charge in [-0.15, -0.1) is 0 Å². The topological polar surface area (TPSA) is 12.0 Å². The van der Waals surface area contributed by atoms with Crippen LogP contribution >= 0.6 is 11.6 Å². The van der Waals surface area contributed by atoms with Gasteiger partial charge in [-0.2, -0.15) is 0 Å². The van der Waals surface area contributed by atoms with Crippen molar-refractivity contribution in [2.45, 2.75) is 32.2 Å². The van der Waals surface area contributed by atoms with Gasteiger partial charge < -0.3 is 5.32 Å². The minimum absolute atomic E-state index is 0.199. The number of halogens is 2. The molecule has 94 valence electrons. The molecule has 0 saturated heterocycles. The minimum atomic E-state index is -0.321. The van der Waals surface area contributed by atoms with E-state index in [2.05, 4.69) is 12.2 Å². The standard InChI is InChI=1S/C14H19ClFN/c1-9(11-4-5-11)14(17-2)8-10-3-6-12(15)13(16)7-10/h3,6-7,9,11,14,17H,4-5,8H2,1-2H3. The minimum Gasteiger partial charge on any atom is -0.316 e. The summed E-state index contributed by atoms with van der Waals surface area (Å²) in [6.07, 6.45) is 3.55. The third kappa shape index (κ3) is 3.20. The highest BCUT2D eigenvalue weighted by Gasteiger charge is 2.32. The van der Waals surface area contributed by atoms with Crippen molar-refractivity contribution in [1.82, 2.24) is 5.32 Å². The predicted molar refractivity (Wildman–Crippen MR) is 69.8 cm³/mol. The Labute approximate surface area is 107 Å². The van der Waals surface area contributed by atoms with Crippen LogP contribution in [-0.2, 0) is 6.42 Å². The number of likely N-dealkylation sites (N-methyl/N-ethyl adjacent to an activating group) is 1. The number of rotatable bonds is 5. The molecular weight excluding hydrogens is 237 g/mol. The smallest absolute Gasteiger partial charge is 0.142 e. The van der Waals surface area contributed by atoms with Gasteiger partial charge in [0.2, 0.25) is 0 Å². The predicted octanol–water partition coefficient (Wildman–Crippen LogP) is 3.66. The van der Waals surface area contributed by atoms with Crippen LogP contribution in [-0.4, -0.2) is 13.1 Å². The molecule has 0 radical (unpaired) electrons. The zero-order valence-electron chi connectivity index (χ0n) is 10.3. The van der Waals surface area contributed by atoms with E-state index >= 15 is 0 Å². The molecular formula is C14H19ClFN. The van der Waals surface area contributed by atoms with Crippen LogP contribution in [0.5, 0.6) is 0 Å². The zero-order valence-corrected chi connectivity index (χ0v) is 11.1. The highest BCUT2D eigenvalue weighted by atomic mass is 35.5. The molecule has 0 amide bonds. The molecule has 17 heavy (non-hydrogen) atoms. The Balaban J connectivity index is 2.04. The van der Waals surface area contributed by atoms with Crippen LogP contribution in [0.1, 0.15) is 25.3 Å². The summed E-state index contributed by atoms with van der Waals surface area (Å²) in [5, 5.41) is 3.55. The number of benzene rings is 1. The second kappa shape index (κ2) is 5.36. The highest BCUT2D eigenvalue weighted by molar-refractivity contribution is 6.30. The monoisotopic (exact) mass is 255 g/mol. The molecule has 1 aliphatic carbocycles. The molecule has 1 N–H and O–H groups in total. The van der Waals surface area contributed by atoms with Gasteiger partial charge in [0, 0.05) is 6.04 Å². The summed E-state index contributed by atoms with van der Waals surface area (Å²) in [5.74, 6) is 1.18. The van der Waals surface area contributed by atoms with Gasteiger partial charge in [-0.1, -0.05) is 24.6 Å². The van der Waals surface area contributed by atoms with Crippen LogP contribution in [0.2, 0.25) is 5.02 Å². The number of hydrogen-bond acceptors (Lipinski definition) is 1. The lowest BCUT2D eigenvalue weighted by atomic mass is 9.91. The molecule has 1 fully saturated rings. The maximum Gasteiger partial charge on any atom is 0.142 e. The Morgan fingerprint density at radius 1 is 1.47 bits per heavy atom. The second-order valence-corrected chi connectivity index (χ2v) is 5.45. The molecule has 1 aromatic rings. The lowest BCUT2D eigenvalue weighted by molar-refractivity contribution is 0.357. The van der Waals surface area contributed by atoms with Gasteiger partial charge in [0.05, 0.1) is 5.02 Å². The summed E-state index contributed by atoms with van der Waals surface area (Å²) in [4.78, 5) is 0. The first-order valence-corrected chi connectivity index (χ1v) is 6.60. The van der Waals surface area contributed by atoms with Crippen molar-refractivity contribution < 1.29 is 4.39 Å². The average molecular weight is 256 g/mol. The van der Waals surface area contributed by atoms with Crippen LogP contribution in [0.4, 0.5) is 4.39 Å². The van der Waals surface area contributed by atoms with Gasteiger partial charge >= 0.3 is 0 Å². The molecule has 2 atom stereocenters. The fourth-order valence-electron chi connectivity index (χ4n) is 2.42. The van der Waals surface area contributed by atoms with Crippen LogP contribution in [0.3, 0.4) is 0 Å². The third-order valence-electron chi connectivity index (χ3n) is 3.81. The third-order valence-corrected chi connectivity index (χ3v) is 4.12. The van der Waals surface area contributed by atoms with E-state index in [-0.39, 0.29) is 10.8 Å². The summed E-state index contributed by atoms with van der Waals surface area (Å²) in [5.41, 5.74) is 1.01. The normalized spacial score (nSPS) is 19.1. The Hall–Kier alpha value is -0.600. The maximum atomic E-state index is 13.4. The summed E-state index contributed by atoms with van der Waals surface area (Å²) >= 11 is 5.68. The van der Waals surface area contributed by atoms with Crippen molar-refractivity contribution in [2.75, 3.05) is 7.05 Å². The first-order chi connectivity index (χ1) is 8.11. The van der Waals surface area contributed by atoms with Gasteiger partial charge in [-0.3, -0.25) is 0 Å². The van der Waals surface area contributed by atoms with Crippen molar-refractivity contribution in [3.05, 3.63) is 34.6 Å². The van der Waals surface area contributed by atoms with Gasteiger partial charge in [0.15, 0.2) is 0 Å². The van der Waals surface area contributed by atoms with E-state index in [1.165, 1.54) is 12.8 Å². The molecule has 0 aromatic heterocycles. The Kier molecular flexibility index (Phi) is 4.05. The molecule has 2 rings (SSSR count). The number of hydrogen-bond donors (Lipinski definition) is 1. The molecule has 0 heterocycles. The molecule has 1 aliphatic rings. The molecule has 0 bridgehead atoms. The molecule has 3 heteroatoms. The quantitative estimate of drug-likeness (QED) is 0.847. The van der Waals surface area contributed by atoms with E-state index in [1.54, 1.807) is 12.1 Å². The van der Waals surface area contributed by atoms with E-state index in [0.717, 1.165) is 17.9 Å². The van der Waals surface area contributed by atoms with Crippen LogP contribution in [0.25, 0.3) is 0 Å². The van der Waals surface area contributed by atoms with Crippen LogP contribution in [0, 0.1) is 17.7 Å². The van der Waals surface area contributed by atoms with Crippen LogP contribution in [0.15, 0.2) is 18.2 Å². The lowest BCUT2D eigenvalue weighted by Crippen LogP contribution is -2.35. The average Bonchev–Trinajstić information content (AvgIpc) is 3.13. The van der Waals surface area contributed by atoms with Crippen molar-refractivity contribution in [3.63, 3.8) is 0 Å². The Bertz CT molecular complexity index is 390. The zero-order chi connectivity index (χ0) is 12.4. The number of nitrogens with one attached hydrogen (secondary N) is 1. The highest BCUT2D eigenvalue weighted by Crippen LogP contribution is 2.38. The van der Waals surface area contributed by atoms with Gasteiger partial charge in [-0.25, -0.2) is 4.39 Å². The molecule has 0 aliphatic heterocycles. The summed E-state index contributed by atoms with van der Waals surface area (Å²) in [7, 11) is 1.98. The molecule has 2 unspecified atom stereocenters. The van der Waals surface area contributed by atoms with E-state index in [4.69, 9.17) is 11.6 Å². The fourth-order valence-corrected chi connectivity index (χ4v) is 2.54. The Morgan fingerprint density at radius 3 is 2.71 bits per heavy atom. The van der Waals surface area contributed by atoms with E-state index < -0.39 is 0 Å². The fraction of sp³-hybridized carbons (Fsp3) is 0.571. The maximum absolute atomic E-state index is 13.4.